The Kier molecular flexibility index (Phi) is 65.7. The number of carbonyl (C=O) groups is 3. The van der Waals surface area contributed by atoms with Crippen LogP contribution in [0, 0.1) is 0 Å². The lowest BCUT2D eigenvalue weighted by atomic mass is 10.0. The SMILES string of the molecule is CC/C=C\C/C=C\C/C=C\C/C=C\CCCCCCCCCCCCCCC(=O)OCC(COC(=O)CCCCCCCCC/C=C\C/C=C\CCCCC)OC(=O)CCCCCCCCCCCCCCCCCCCCCC. The molecule has 0 aromatic rings. The van der Waals surface area contributed by atoms with Crippen LogP contribution in [-0.2, 0) is 28.6 Å². The van der Waals surface area contributed by atoms with Gasteiger partial charge >= 0.3 is 17.9 Å². The van der Waals surface area contributed by atoms with Gasteiger partial charge in [-0.1, -0.05) is 325 Å². The minimum Gasteiger partial charge on any atom is -0.462 e. The summed E-state index contributed by atoms with van der Waals surface area (Å²) >= 11 is 0. The summed E-state index contributed by atoms with van der Waals surface area (Å²) in [6, 6.07) is 0. The molecule has 1 atom stereocenters. The quantitative estimate of drug-likeness (QED) is 0.0261. The summed E-state index contributed by atoms with van der Waals surface area (Å²) in [5.74, 6) is -0.861. The van der Waals surface area contributed by atoms with Crippen molar-refractivity contribution < 1.29 is 28.6 Å². The number of ether oxygens (including phenoxy) is 3. The van der Waals surface area contributed by atoms with Gasteiger partial charge in [-0.2, -0.15) is 0 Å². The Hall–Kier alpha value is -3.15. The molecular formula is C74H132O6. The van der Waals surface area contributed by atoms with Gasteiger partial charge in [-0.15, -0.1) is 0 Å². The van der Waals surface area contributed by atoms with Crippen LogP contribution in [0.2, 0.25) is 0 Å². The highest BCUT2D eigenvalue weighted by Gasteiger charge is 2.19. The largest absolute Gasteiger partial charge is 0.462 e. The Bertz CT molecular complexity index is 1470. The zero-order valence-electron chi connectivity index (χ0n) is 53.3. The van der Waals surface area contributed by atoms with E-state index in [0.717, 1.165) is 96.3 Å². The van der Waals surface area contributed by atoms with E-state index in [1.165, 1.54) is 225 Å². The fraction of sp³-hybridized carbons (Fsp3) is 0.797. The van der Waals surface area contributed by atoms with E-state index < -0.39 is 6.10 Å². The van der Waals surface area contributed by atoms with Gasteiger partial charge in [-0.3, -0.25) is 14.4 Å². The molecule has 0 heterocycles. The van der Waals surface area contributed by atoms with E-state index in [4.69, 9.17) is 14.2 Å². The molecule has 6 nitrogen and oxygen atoms in total. The van der Waals surface area contributed by atoms with Gasteiger partial charge in [0.1, 0.15) is 13.2 Å². The van der Waals surface area contributed by atoms with E-state index in [-0.39, 0.29) is 31.1 Å². The second kappa shape index (κ2) is 68.3. The third kappa shape index (κ3) is 65.7. The number of rotatable bonds is 64. The summed E-state index contributed by atoms with van der Waals surface area (Å²) < 4.78 is 17.0. The first-order valence-corrected chi connectivity index (χ1v) is 34.9. The van der Waals surface area contributed by atoms with E-state index in [2.05, 4.69) is 93.7 Å². The highest BCUT2D eigenvalue weighted by molar-refractivity contribution is 5.71. The third-order valence-electron chi connectivity index (χ3n) is 15.4. The molecular weight excluding hydrogens is 985 g/mol. The van der Waals surface area contributed by atoms with Gasteiger partial charge in [-0.25, -0.2) is 0 Å². The van der Waals surface area contributed by atoms with Crippen LogP contribution in [0.5, 0.6) is 0 Å². The molecule has 0 aliphatic carbocycles. The molecule has 0 N–H and O–H groups in total. The van der Waals surface area contributed by atoms with Gasteiger partial charge in [-0.05, 0) is 89.9 Å². The van der Waals surface area contributed by atoms with Crippen LogP contribution in [0.1, 0.15) is 361 Å². The molecule has 0 bridgehead atoms. The highest BCUT2D eigenvalue weighted by atomic mass is 16.6. The molecule has 0 spiro atoms. The number of esters is 3. The molecule has 0 amide bonds. The lowest BCUT2D eigenvalue weighted by molar-refractivity contribution is -0.167. The van der Waals surface area contributed by atoms with Crippen LogP contribution < -0.4 is 0 Å². The van der Waals surface area contributed by atoms with Crippen molar-refractivity contribution in [1.29, 1.82) is 0 Å². The summed E-state index contributed by atoms with van der Waals surface area (Å²) in [5.41, 5.74) is 0. The molecule has 0 aliphatic rings. The molecule has 0 aromatic carbocycles. The van der Waals surface area contributed by atoms with Crippen molar-refractivity contribution >= 4 is 17.9 Å². The molecule has 0 radical (unpaired) electrons. The number of carbonyl (C=O) groups excluding carboxylic acids is 3. The number of hydrogen-bond acceptors (Lipinski definition) is 6. The van der Waals surface area contributed by atoms with Gasteiger partial charge in [0.05, 0.1) is 0 Å². The van der Waals surface area contributed by atoms with Crippen LogP contribution >= 0.6 is 0 Å². The van der Waals surface area contributed by atoms with Gasteiger partial charge in [0.15, 0.2) is 6.10 Å². The number of hydrogen-bond donors (Lipinski definition) is 0. The number of allylic oxidation sites excluding steroid dienone is 12. The van der Waals surface area contributed by atoms with Crippen molar-refractivity contribution in [2.24, 2.45) is 0 Å². The van der Waals surface area contributed by atoms with E-state index in [1.807, 2.05) is 0 Å². The van der Waals surface area contributed by atoms with Crippen molar-refractivity contribution in [2.45, 2.75) is 367 Å². The van der Waals surface area contributed by atoms with Crippen LogP contribution in [0.15, 0.2) is 72.9 Å². The maximum absolute atomic E-state index is 13.0. The molecule has 0 aliphatic heterocycles. The minimum absolute atomic E-state index is 0.0750. The first-order chi connectivity index (χ1) is 39.5. The predicted octanol–water partition coefficient (Wildman–Crippen LogP) is 24.1. The predicted molar refractivity (Wildman–Crippen MR) is 348 cm³/mol. The van der Waals surface area contributed by atoms with Crippen molar-refractivity contribution in [3.05, 3.63) is 72.9 Å². The zero-order valence-corrected chi connectivity index (χ0v) is 53.3. The number of unbranched alkanes of at least 4 members (excludes halogenated alkanes) is 41. The van der Waals surface area contributed by atoms with Crippen LogP contribution in [0.25, 0.3) is 0 Å². The Balaban J connectivity index is 4.32. The van der Waals surface area contributed by atoms with E-state index >= 15 is 0 Å². The Morgan fingerprint density at radius 3 is 0.787 bits per heavy atom. The summed E-state index contributed by atoms with van der Waals surface area (Å²) in [5, 5.41) is 0. The summed E-state index contributed by atoms with van der Waals surface area (Å²) in [6.07, 6.45) is 89.2. The second-order valence-corrected chi connectivity index (χ2v) is 23.4. The van der Waals surface area contributed by atoms with Gasteiger partial charge < -0.3 is 14.2 Å². The van der Waals surface area contributed by atoms with Crippen molar-refractivity contribution in [1.82, 2.24) is 0 Å². The summed E-state index contributed by atoms with van der Waals surface area (Å²) in [6.45, 7) is 6.56. The van der Waals surface area contributed by atoms with E-state index in [0.29, 0.717) is 19.3 Å². The molecule has 464 valence electrons. The minimum atomic E-state index is -0.779. The monoisotopic (exact) mass is 1120 g/mol. The first kappa shape index (κ1) is 76.9. The maximum Gasteiger partial charge on any atom is 0.306 e. The van der Waals surface area contributed by atoms with Crippen LogP contribution in [0.3, 0.4) is 0 Å². The average molecular weight is 1120 g/mol. The molecule has 0 saturated heterocycles. The van der Waals surface area contributed by atoms with Crippen molar-refractivity contribution in [3.63, 3.8) is 0 Å². The smallest absolute Gasteiger partial charge is 0.306 e. The molecule has 0 rings (SSSR count). The zero-order chi connectivity index (χ0) is 57.8. The fourth-order valence-corrected chi connectivity index (χ4v) is 10.2. The van der Waals surface area contributed by atoms with Crippen LogP contribution in [-0.4, -0.2) is 37.2 Å². The Morgan fingerprint density at radius 1 is 0.263 bits per heavy atom. The normalized spacial score (nSPS) is 12.5. The fourth-order valence-electron chi connectivity index (χ4n) is 10.2. The van der Waals surface area contributed by atoms with E-state index in [9.17, 15) is 14.4 Å². The highest BCUT2D eigenvalue weighted by Crippen LogP contribution is 2.18. The Morgan fingerprint density at radius 2 is 0.487 bits per heavy atom. The molecule has 80 heavy (non-hydrogen) atoms. The second-order valence-electron chi connectivity index (χ2n) is 23.4. The molecule has 1 unspecified atom stereocenters. The molecule has 0 fully saturated rings. The molecule has 6 heteroatoms. The topological polar surface area (TPSA) is 78.9 Å². The van der Waals surface area contributed by atoms with E-state index in [1.54, 1.807) is 0 Å². The maximum atomic E-state index is 13.0. The summed E-state index contributed by atoms with van der Waals surface area (Å²) in [4.78, 5) is 38.5. The van der Waals surface area contributed by atoms with Gasteiger partial charge in [0.25, 0.3) is 0 Å². The van der Waals surface area contributed by atoms with Gasteiger partial charge in [0.2, 0.25) is 0 Å². The summed E-state index contributed by atoms with van der Waals surface area (Å²) in [7, 11) is 0. The Labute approximate surface area is 497 Å². The van der Waals surface area contributed by atoms with Gasteiger partial charge in [0, 0.05) is 19.3 Å². The third-order valence-corrected chi connectivity index (χ3v) is 15.4. The first-order valence-electron chi connectivity index (χ1n) is 34.9. The average Bonchev–Trinajstić information content (AvgIpc) is 3.46. The lowest BCUT2D eigenvalue weighted by Gasteiger charge is -2.18. The standard InChI is InChI=1S/C74H132O6/c1-4-7-10-13-16-19-22-25-28-31-33-35-36-37-38-39-41-43-46-49-52-55-58-61-64-67-73(76)79-70-71(69-78-72(75)66-63-60-57-54-51-48-45-42-30-27-24-21-18-15-12-9-6-3)80-74(77)68-65-62-59-56-53-50-47-44-40-34-32-29-26-23-20-17-14-11-8-5-2/h7,10,16,18-19,21,25,27-28,30,33,35,71H,4-6,8-9,11-15,17,20,22-24,26,29,31-32,34,36-70H2,1-3H3/b10-7-,19-16-,21-18-,28-25-,30-27-,35-33-. The molecule has 0 aromatic heterocycles. The molecule has 0 saturated carbocycles. The lowest BCUT2D eigenvalue weighted by Crippen LogP contribution is -2.30. The van der Waals surface area contributed by atoms with Crippen molar-refractivity contribution in [2.75, 3.05) is 13.2 Å². The van der Waals surface area contributed by atoms with Crippen LogP contribution in [0.4, 0.5) is 0 Å². The van der Waals surface area contributed by atoms with Crippen molar-refractivity contribution in [3.8, 4) is 0 Å².